The number of ether oxygens (including phenoxy) is 1. The van der Waals surface area contributed by atoms with Crippen molar-refractivity contribution in [2.24, 2.45) is 0 Å². The Morgan fingerprint density at radius 3 is 2.62 bits per heavy atom. The smallest absolute Gasteiger partial charge is 0.0790 e. The molecule has 1 aromatic rings. The molecule has 1 spiro atoms. The molecule has 21 heavy (non-hydrogen) atoms. The van der Waals surface area contributed by atoms with E-state index in [4.69, 9.17) is 4.74 Å². The molecule has 2 fully saturated rings. The van der Waals surface area contributed by atoms with Crippen LogP contribution in [0.5, 0.6) is 0 Å². The fraction of sp³-hybridized carbons (Fsp3) is 0.684. The zero-order chi connectivity index (χ0) is 14.5. The average Bonchev–Trinajstić information content (AvgIpc) is 2.91. The van der Waals surface area contributed by atoms with E-state index in [0.717, 1.165) is 24.8 Å². The summed E-state index contributed by atoms with van der Waals surface area (Å²) in [5.41, 5.74) is 1.27. The van der Waals surface area contributed by atoms with Gasteiger partial charge in [0.05, 0.1) is 17.8 Å². The maximum Gasteiger partial charge on any atom is 0.0790 e. The molecule has 2 unspecified atom stereocenters. The number of hydrogen-bond acceptors (Lipinski definition) is 2. The van der Waals surface area contributed by atoms with Gasteiger partial charge in [-0.2, -0.15) is 0 Å². The van der Waals surface area contributed by atoms with Gasteiger partial charge in [0.15, 0.2) is 0 Å². The maximum absolute atomic E-state index is 10.2. The van der Waals surface area contributed by atoms with E-state index in [9.17, 15) is 5.11 Å². The number of hydrogen-bond donors (Lipinski definition) is 1. The Kier molecular flexibility index (Phi) is 4.97. The van der Waals surface area contributed by atoms with Crippen LogP contribution < -0.4 is 0 Å². The Hall–Kier alpha value is -0.860. The van der Waals surface area contributed by atoms with Crippen molar-refractivity contribution in [3.8, 4) is 0 Å². The van der Waals surface area contributed by atoms with Crippen molar-refractivity contribution in [1.29, 1.82) is 0 Å². The summed E-state index contributed by atoms with van der Waals surface area (Å²) in [6, 6.07) is 9.99. The summed E-state index contributed by atoms with van der Waals surface area (Å²) in [4.78, 5) is 0. The molecule has 0 amide bonds. The SMILES string of the molecule is OC(CCCC1CCC2(CCCCC2)O1)c1ccccc1. The zero-order valence-corrected chi connectivity index (χ0v) is 13.0. The lowest BCUT2D eigenvalue weighted by molar-refractivity contribution is -0.0666. The molecular weight excluding hydrogens is 260 g/mol. The van der Waals surface area contributed by atoms with Gasteiger partial charge in [-0.25, -0.2) is 0 Å². The van der Waals surface area contributed by atoms with Crippen LogP contribution in [-0.4, -0.2) is 16.8 Å². The normalized spacial score (nSPS) is 26.0. The predicted octanol–water partition coefficient (Wildman–Crippen LogP) is 4.77. The van der Waals surface area contributed by atoms with Gasteiger partial charge in [-0.05, 0) is 50.5 Å². The standard InChI is InChI=1S/C19H28O2/c20-18(16-8-3-1-4-9-16)11-7-10-17-12-15-19(21-17)13-5-2-6-14-19/h1,3-4,8-9,17-18,20H,2,5-7,10-15H2. The van der Waals surface area contributed by atoms with Crippen LogP contribution >= 0.6 is 0 Å². The van der Waals surface area contributed by atoms with Crippen LogP contribution in [-0.2, 0) is 4.74 Å². The molecular formula is C19H28O2. The van der Waals surface area contributed by atoms with Gasteiger partial charge in [-0.15, -0.1) is 0 Å². The molecule has 116 valence electrons. The van der Waals surface area contributed by atoms with Crippen molar-refractivity contribution in [3.63, 3.8) is 0 Å². The van der Waals surface area contributed by atoms with Crippen LogP contribution in [0.25, 0.3) is 0 Å². The molecule has 1 aromatic carbocycles. The monoisotopic (exact) mass is 288 g/mol. The highest BCUT2D eigenvalue weighted by atomic mass is 16.5. The average molecular weight is 288 g/mol. The second-order valence-electron chi connectivity index (χ2n) is 6.88. The Morgan fingerprint density at radius 1 is 1.10 bits per heavy atom. The van der Waals surface area contributed by atoms with Crippen molar-refractivity contribution in [2.45, 2.75) is 82.0 Å². The topological polar surface area (TPSA) is 29.5 Å². The van der Waals surface area contributed by atoms with Gasteiger partial charge in [0.1, 0.15) is 0 Å². The van der Waals surface area contributed by atoms with Gasteiger partial charge in [0.25, 0.3) is 0 Å². The van der Waals surface area contributed by atoms with Gasteiger partial charge in [-0.1, -0.05) is 49.6 Å². The summed E-state index contributed by atoms with van der Waals surface area (Å²) in [6.07, 6.45) is 12.2. The van der Waals surface area contributed by atoms with E-state index in [2.05, 4.69) is 0 Å². The molecule has 2 aliphatic rings. The molecule has 0 radical (unpaired) electrons. The highest BCUT2D eigenvalue weighted by molar-refractivity contribution is 5.17. The van der Waals surface area contributed by atoms with Crippen molar-refractivity contribution in [3.05, 3.63) is 35.9 Å². The number of aliphatic hydroxyl groups excluding tert-OH is 1. The predicted molar refractivity (Wildman–Crippen MR) is 85.2 cm³/mol. The Bertz CT molecular complexity index is 422. The minimum atomic E-state index is -0.323. The van der Waals surface area contributed by atoms with Gasteiger partial charge >= 0.3 is 0 Å². The van der Waals surface area contributed by atoms with Crippen molar-refractivity contribution in [1.82, 2.24) is 0 Å². The van der Waals surface area contributed by atoms with Crippen molar-refractivity contribution < 1.29 is 9.84 Å². The summed E-state index contributed by atoms with van der Waals surface area (Å²) < 4.78 is 6.40. The highest BCUT2D eigenvalue weighted by Crippen LogP contribution is 2.43. The second-order valence-corrected chi connectivity index (χ2v) is 6.88. The Labute approximate surface area is 128 Å². The van der Waals surface area contributed by atoms with Crippen LogP contribution in [0.2, 0.25) is 0 Å². The lowest BCUT2D eigenvalue weighted by Gasteiger charge is -2.33. The molecule has 2 atom stereocenters. The molecule has 1 aliphatic heterocycles. The first-order valence-corrected chi connectivity index (χ1v) is 8.68. The van der Waals surface area contributed by atoms with Gasteiger partial charge in [0.2, 0.25) is 0 Å². The molecule has 0 bridgehead atoms. The highest BCUT2D eigenvalue weighted by Gasteiger charge is 2.40. The largest absolute Gasteiger partial charge is 0.388 e. The quantitative estimate of drug-likeness (QED) is 0.845. The Balaban J connectivity index is 1.40. The van der Waals surface area contributed by atoms with E-state index in [1.54, 1.807) is 0 Å². The number of benzene rings is 1. The van der Waals surface area contributed by atoms with Gasteiger partial charge < -0.3 is 9.84 Å². The first kappa shape index (κ1) is 15.1. The van der Waals surface area contributed by atoms with Gasteiger partial charge in [0, 0.05) is 0 Å². The zero-order valence-electron chi connectivity index (χ0n) is 13.0. The molecule has 3 rings (SSSR count). The lowest BCUT2D eigenvalue weighted by atomic mass is 9.83. The van der Waals surface area contributed by atoms with Crippen LogP contribution in [0.4, 0.5) is 0 Å². The fourth-order valence-electron chi connectivity index (χ4n) is 4.04. The van der Waals surface area contributed by atoms with E-state index < -0.39 is 0 Å². The summed E-state index contributed by atoms with van der Waals surface area (Å²) in [5.74, 6) is 0. The molecule has 1 saturated carbocycles. The molecule has 2 nitrogen and oxygen atoms in total. The van der Waals surface area contributed by atoms with Crippen molar-refractivity contribution in [2.75, 3.05) is 0 Å². The maximum atomic E-state index is 10.2. The first-order chi connectivity index (χ1) is 10.3. The third kappa shape index (κ3) is 3.87. The molecule has 2 heteroatoms. The second kappa shape index (κ2) is 6.93. The van der Waals surface area contributed by atoms with Crippen LogP contribution in [0.3, 0.4) is 0 Å². The van der Waals surface area contributed by atoms with Crippen molar-refractivity contribution >= 4 is 0 Å². The molecule has 1 heterocycles. The van der Waals surface area contributed by atoms with Crippen LogP contribution in [0.1, 0.15) is 75.9 Å². The van der Waals surface area contributed by atoms with Crippen LogP contribution in [0.15, 0.2) is 30.3 Å². The number of rotatable bonds is 5. The third-order valence-electron chi connectivity index (χ3n) is 5.29. The summed E-state index contributed by atoms with van der Waals surface area (Å²) in [5, 5.41) is 10.2. The summed E-state index contributed by atoms with van der Waals surface area (Å²) >= 11 is 0. The lowest BCUT2D eigenvalue weighted by Crippen LogP contribution is -2.31. The van der Waals surface area contributed by atoms with E-state index in [1.807, 2.05) is 30.3 Å². The third-order valence-corrected chi connectivity index (χ3v) is 5.29. The summed E-state index contributed by atoms with van der Waals surface area (Å²) in [7, 11) is 0. The molecule has 0 aromatic heterocycles. The minimum absolute atomic E-state index is 0.237. The summed E-state index contributed by atoms with van der Waals surface area (Å²) in [6.45, 7) is 0. The number of aliphatic hydroxyl groups is 1. The molecule has 1 N–H and O–H groups in total. The van der Waals surface area contributed by atoms with E-state index in [-0.39, 0.29) is 11.7 Å². The van der Waals surface area contributed by atoms with E-state index in [0.29, 0.717) is 6.10 Å². The van der Waals surface area contributed by atoms with E-state index >= 15 is 0 Å². The Morgan fingerprint density at radius 2 is 1.86 bits per heavy atom. The minimum Gasteiger partial charge on any atom is -0.388 e. The van der Waals surface area contributed by atoms with Gasteiger partial charge in [-0.3, -0.25) is 0 Å². The first-order valence-electron chi connectivity index (χ1n) is 8.68. The molecule has 1 aliphatic carbocycles. The fourth-order valence-corrected chi connectivity index (χ4v) is 4.04. The van der Waals surface area contributed by atoms with E-state index in [1.165, 1.54) is 44.9 Å². The molecule has 1 saturated heterocycles. The van der Waals surface area contributed by atoms with Crippen LogP contribution in [0, 0.1) is 0 Å².